The van der Waals surface area contributed by atoms with E-state index in [1.807, 2.05) is 0 Å². The van der Waals surface area contributed by atoms with Crippen molar-refractivity contribution in [3.8, 4) is 0 Å². The van der Waals surface area contributed by atoms with Crippen molar-refractivity contribution >= 4 is 28.4 Å². The molecule has 2 aliphatic rings. The first kappa shape index (κ1) is 11.5. The molecule has 1 aromatic rings. The van der Waals surface area contributed by atoms with E-state index in [2.05, 4.69) is 42.8 Å². The lowest BCUT2D eigenvalue weighted by Gasteiger charge is -2.25. The minimum absolute atomic E-state index is 0.0436. The van der Waals surface area contributed by atoms with E-state index < -0.39 is 0 Å². The zero-order chi connectivity index (χ0) is 11.8. The van der Waals surface area contributed by atoms with Crippen molar-refractivity contribution in [2.75, 3.05) is 18.0 Å². The first-order valence-corrected chi connectivity index (χ1v) is 7.06. The van der Waals surface area contributed by atoms with E-state index in [1.54, 1.807) is 0 Å². The van der Waals surface area contributed by atoms with Gasteiger partial charge in [0, 0.05) is 25.2 Å². The third-order valence-corrected chi connectivity index (χ3v) is 4.57. The summed E-state index contributed by atoms with van der Waals surface area (Å²) in [5.74, 6) is 0.837. The molecule has 1 aromatic heterocycles. The smallest absolute Gasteiger partial charge is 0.266 e. The minimum atomic E-state index is -0.0436. The Kier molecular flexibility index (Phi) is 3.08. The molecular weight excluding hydrogens is 331 g/mol. The van der Waals surface area contributed by atoms with E-state index >= 15 is 0 Å². The Hall–Kier alpha value is -0.630. The number of nitrogens with zero attached hydrogens (tertiary/aromatic N) is 2. The van der Waals surface area contributed by atoms with Gasteiger partial charge >= 0.3 is 0 Å². The maximum atomic E-state index is 11.6. The summed E-state index contributed by atoms with van der Waals surface area (Å²) >= 11 is 2.08. The van der Waals surface area contributed by atoms with E-state index in [0.717, 1.165) is 25.3 Å². The fourth-order valence-corrected chi connectivity index (χ4v) is 3.37. The van der Waals surface area contributed by atoms with Crippen molar-refractivity contribution in [1.29, 1.82) is 0 Å². The second kappa shape index (κ2) is 4.56. The van der Waals surface area contributed by atoms with Crippen LogP contribution in [0.15, 0.2) is 11.1 Å². The molecule has 6 heteroatoms. The SMILES string of the molecule is O=c1[nH]cnc(N2CCC3CCC(C2)N3)c1I. The molecule has 3 rings (SSSR count). The lowest BCUT2D eigenvalue weighted by Crippen LogP contribution is -2.37. The predicted molar refractivity (Wildman–Crippen MR) is 74.4 cm³/mol. The van der Waals surface area contributed by atoms with Gasteiger partial charge in [-0.05, 0) is 41.9 Å². The second-order valence-corrected chi connectivity index (χ2v) is 5.82. The van der Waals surface area contributed by atoms with Crippen LogP contribution in [0, 0.1) is 3.57 Å². The summed E-state index contributed by atoms with van der Waals surface area (Å²) in [6.07, 6.45) is 5.16. The molecule has 2 unspecified atom stereocenters. The van der Waals surface area contributed by atoms with Crippen molar-refractivity contribution < 1.29 is 0 Å². The molecule has 0 saturated carbocycles. The van der Waals surface area contributed by atoms with Gasteiger partial charge in [-0.25, -0.2) is 4.98 Å². The van der Waals surface area contributed by atoms with Gasteiger partial charge in [-0.3, -0.25) is 4.79 Å². The number of halogens is 1. The average molecular weight is 346 g/mol. The standard InChI is InChI=1S/C11H15IN4O/c12-9-10(13-6-14-11(9)17)16-4-3-7-1-2-8(5-16)15-7/h6-8,15H,1-5H2,(H,13,14,17). The van der Waals surface area contributed by atoms with Gasteiger partial charge in [0.15, 0.2) is 0 Å². The van der Waals surface area contributed by atoms with Crippen LogP contribution in [0.3, 0.4) is 0 Å². The van der Waals surface area contributed by atoms with Crippen molar-refractivity contribution in [3.05, 3.63) is 20.3 Å². The lowest BCUT2D eigenvalue weighted by molar-refractivity contribution is 0.563. The van der Waals surface area contributed by atoms with Crippen LogP contribution in [0.1, 0.15) is 19.3 Å². The highest BCUT2D eigenvalue weighted by Crippen LogP contribution is 2.24. The quantitative estimate of drug-likeness (QED) is 0.736. The Morgan fingerprint density at radius 3 is 3.06 bits per heavy atom. The molecule has 0 spiro atoms. The Balaban J connectivity index is 1.88. The first-order chi connectivity index (χ1) is 8.24. The predicted octanol–water partition coefficient (Wildman–Crippen LogP) is 0.705. The monoisotopic (exact) mass is 346 g/mol. The Labute approximate surface area is 113 Å². The molecule has 2 atom stereocenters. The van der Waals surface area contributed by atoms with E-state index in [1.165, 1.54) is 19.2 Å². The molecule has 2 bridgehead atoms. The molecule has 2 fully saturated rings. The summed E-state index contributed by atoms with van der Waals surface area (Å²) in [6.45, 7) is 1.95. The number of rotatable bonds is 1. The number of hydrogen-bond donors (Lipinski definition) is 2. The molecule has 0 radical (unpaired) electrons. The minimum Gasteiger partial charge on any atom is -0.354 e. The summed E-state index contributed by atoms with van der Waals surface area (Å²) in [4.78, 5) is 20.8. The normalized spacial score (nSPS) is 28.2. The summed E-state index contributed by atoms with van der Waals surface area (Å²) in [6, 6.07) is 1.21. The molecule has 5 nitrogen and oxygen atoms in total. The third-order valence-electron chi connectivity index (χ3n) is 3.60. The Morgan fingerprint density at radius 1 is 1.35 bits per heavy atom. The maximum absolute atomic E-state index is 11.6. The van der Waals surface area contributed by atoms with Crippen LogP contribution < -0.4 is 15.8 Å². The fraction of sp³-hybridized carbons (Fsp3) is 0.636. The molecular formula is C11H15IN4O. The first-order valence-electron chi connectivity index (χ1n) is 5.98. The number of aromatic amines is 1. The zero-order valence-electron chi connectivity index (χ0n) is 9.45. The van der Waals surface area contributed by atoms with Gasteiger partial charge in [0.05, 0.1) is 6.33 Å². The van der Waals surface area contributed by atoms with Crippen LogP contribution in [-0.4, -0.2) is 35.1 Å². The molecule has 17 heavy (non-hydrogen) atoms. The number of fused-ring (bicyclic) bond motifs is 2. The molecule has 2 saturated heterocycles. The molecule has 92 valence electrons. The molecule has 0 amide bonds. The summed E-state index contributed by atoms with van der Waals surface area (Å²) in [5.41, 5.74) is -0.0436. The van der Waals surface area contributed by atoms with Crippen molar-refractivity contribution in [3.63, 3.8) is 0 Å². The summed E-state index contributed by atoms with van der Waals surface area (Å²) in [7, 11) is 0. The largest absolute Gasteiger partial charge is 0.354 e. The zero-order valence-corrected chi connectivity index (χ0v) is 11.6. The fourth-order valence-electron chi connectivity index (χ4n) is 2.73. The summed E-state index contributed by atoms with van der Waals surface area (Å²) in [5, 5.41) is 3.63. The highest BCUT2D eigenvalue weighted by molar-refractivity contribution is 14.1. The lowest BCUT2D eigenvalue weighted by atomic mass is 10.1. The van der Waals surface area contributed by atoms with Gasteiger partial charge in [0.1, 0.15) is 9.39 Å². The highest BCUT2D eigenvalue weighted by atomic mass is 127. The average Bonchev–Trinajstić information content (AvgIpc) is 2.63. The van der Waals surface area contributed by atoms with Crippen molar-refractivity contribution in [2.24, 2.45) is 0 Å². The number of nitrogens with one attached hydrogen (secondary N) is 2. The summed E-state index contributed by atoms with van der Waals surface area (Å²) < 4.78 is 0.697. The number of anilines is 1. The van der Waals surface area contributed by atoms with Gasteiger partial charge in [-0.1, -0.05) is 0 Å². The van der Waals surface area contributed by atoms with E-state index in [-0.39, 0.29) is 5.56 Å². The highest BCUT2D eigenvalue weighted by Gasteiger charge is 2.30. The van der Waals surface area contributed by atoms with E-state index in [9.17, 15) is 4.79 Å². The van der Waals surface area contributed by atoms with Gasteiger partial charge in [0.25, 0.3) is 5.56 Å². The maximum Gasteiger partial charge on any atom is 0.266 e. The molecule has 3 heterocycles. The van der Waals surface area contributed by atoms with Crippen LogP contribution in [0.5, 0.6) is 0 Å². The third kappa shape index (κ3) is 2.20. The van der Waals surface area contributed by atoms with E-state index in [4.69, 9.17) is 0 Å². The number of aromatic nitrogens is 2. The van der Waals surface area contributed by atoms with Gasteiger partial charge in [-0.2, -0.15) is 0 Å². The molecule has 2 aliphatic heterocycles. The van der Waals surface area contributed by atoms with Crippen molar-refractivity contribution in [2.45, 2.75) is 31.3 Å². The number of H-pyrrole nitrogens is 1. The molecule has 2 N–H and O–H groups in total. The van der Waals surface area contributed by atoms with Gasteiger partial charge < -0.3 is 15.2 Å². The topological polar surface area (TPSA) is 61.0 Å². The van der Waals surface area contributed by atoms with Crippen molar-refractivity contribution in [1.82, 2.24) is 15.3 Å². The van der Waals surface area contributed by atoms with Crippen LogP contribution >= 0.6 is 22.6 Å². The Morgan fingerprint density at radius 2 is 2.18 bits per heavy atom. The van der Waals surface area contributed by atoms with Gasteiger partial charge in [-0.15, -0.1) is 0 Å². The van der Waals surface area contributed by atoms with Crippen LogP contribution in [0.2, 0.25) is 0 Å². The Bertz CT molecular complexity index is 475. The van der Waals surface area contributed by atoms with Crippen LogP contribution in [0.25, 0.3) is 0 Å². The van der Waals surface area contributed by atoms with Crippen LogP contribution in [-0.2, 0) is 0 Å². The molecule has 0 aliphatic carbocycles. The van der Waals surface area contributed by atoms with Crippen LogP contribution in [0.4, 0.5) is 5.82 Å². The number of hydrogen-bond acceptors (Lipinski definition) is 4. The second-order valence-electron chi connectivity index (χ2n) is 4.74. The van der Waals surface area contributed by atoms with Gasteiger partial charge in [0.2, 0.25) is 0 Å². The van der Waals surface area contributed by atoms with E-state index in [0.29, 0.717) is 15.7 Å². The molecule has 0 aromatic carbocycles.